The van der Waals surface area contributed by atoms with E-state index in [2.05, 4.69) is 9.82 Å². The number of methoxy groups -OCH3 is 1. The van der Waals surface area contributed by atoms with Crippen molar-refractivity contribution in [3.63, 3.8) is 0 Å². The van der Waals surface area contributed by atoms with E-state index in [0.29, 0.717) is 24.5 Å². The Balaban J connectivity index is 2.15. The molecule has 0 unspecified atom stereocenters. The van der Waals surface area contributed by atoms with E-state index in [0.717, 1.165) is 5.69 Å². The van der Waals surface area contributed by atoms with Crippen LogP contribution in [-0.4, -0.2) is 37.7 Å². The Kier molecular flexibility index (Phi) is 4.81. The fourth-order valence-electron chi connectivity index (χ4n) is 1.81. The molecule has 0 fully saturated rings. The van der Waals surface area contributed by atoms with Crippen LogP contribution in [0.1, 0.15) is 6.42 Å². The minimum atomic E-state index is -3.43. The van der Waals surface area contributed by atoms with Crippen LogP contribution in [0.5, 0.6) is 0 Å². The van der Waals surface area contributed by atoms with Crippen molar-refractivity contribution >= 4 is 21.5 Å². The molecule has 21 heavy (non-hydrogen) atoms. The summed E-state index contributed by atoms with van der Waals surface area (Å²) >= 11 is 0. The number of nitrogen functional groups attached to an aromatic ring is 1. The average Bonchev–Trinajstić information content (AvgIpc) is 2.87. The Bertz CT molecular complexity index is 680. The van der Waals surface area contributed by atoms with Crippen LogP contribution in [0.4, 0.5) is 11.5 Å². The largest absolute Gasteiger partial charge is 0.399 e. The summed E-state index contributed by atoms with van der Waals surface area (Å²) in [4.78, 5) is 0. The highest BCUT2D eigenvalue weighted by Gasteiger charge is 2.14. The molecule has 2 rings (SSSR count). The number of ether oxygens (including phenoxy) is 1. The molecule has 0 amide bonds. The first-order chi connectivity index (χ1) is 10.0. The number of nitrogens with zero attached hydrogens (tertiary/aromatic N) is 2. The summed E-state index contributed by atoms with van der Waals surface area (Å²) in [5.74, 6) is 0.380. The molecule has 0 aliphatic heterocycles. The van der Waals surface area contributed by atoms with Gasteiger partial charge in [0.15, 0.2) is 0 Å². The maximum atomic E-state index is 12.0. The van der Waals surface area contributed by atoms with Gasteiger partial charge in [-0.1, -0.05) is 0 Å². The van der Waals surface area contributed by atoms with E-state index >= 15 is 0 Å². The fraction of sp³-hybridized carbons (Fsp3) is 0.308. The molecule has 0 saturated heterocycles. The van der Waals surface area contributed by atoms with E-state index in [9.17, 15) is 8.42 Å². The third-order valence-corrected chi connectivity index (χ3v) is 4.15. The summed E-state index contributed by atoms with van der Waals surface area (Å²) in [6, 6.07) is 8.60. The van der Waals surface area contributed by atoms with E-state index in [1.807, 2.05) is 0 Å². The van der Waals surface area contributed by atoms with Gasteiger partial charge in [0.25, 0.3) is 0 Å². The van der Waals surface area contributed by atoms with Gasteiger partial charge >= 0.3 is 0 Å². The molecule has 0 spiro atoms. The second kappa shape index (κ2) is 6.59. The third-order valence-electron chi connectivity index (χ3n) is 2.80. The molecule has 0 aliphatic rings. The topological polar surface area (TPSA) is 99.2 Å². The van der Waals surface area contributed by atoms with E-state index in [-0.39, 0.29) is 5.75 Å². The molecule has 1 heterocycles. The number of benzene rings is 1. The molecule has 7 nitrogen and oxygen atoms in total. The van der Waals surface area contributed by atoms with Gasteiger partial charge in [-0.2, -0.15) is 5.10 Å². The van der Waals surface area contributed by atoms with Crippen LogP contribution < -0.4 is 10.5 Å². The highest BCUT2D eigenvalue weighted by atomic mass is 32.2. The first-order valence-electron chi connectivity index (χ1n) is 6.41. The van der Waals surface area contributed by atoms with Gasteiger partial charge in [0, 0.05) is 25.5 Å². The van der Waals surface area contributed by atoms with E-state index in [4.69, 9.17) is 10.5 Å². The number of aromatic nitrogens is 2. The van der Waals surface area contributed by atoms with Crippen molar-refractivity contribution in [3.05, 3.63) is 36.5 Å². The minimum Gasteiger partial charge on any atom is -0.399 e. The number of anilines is 2. The van der Waals surface area contributed by atoms with E-state index < -0.39 is 10.0 Å². The van der Waals surface area contributed by atoms with Crippen molar-refractivity contribution in [1.82, 2.24) is 9.78 Å². The summed E-state index contributed by atoms with van der Waals surface area (Å²) in [7, 11) is -1.89. The second-order valence-corrected chi connectivity index (χ2v) is 6.33. The van der Waals surface area contributed by atoms with Gasteiger partial charge in [0.2, 0.25) is 10.0 Å². The van der Waals surface area contributed by atoms with Gasteiger partial charge < -0.3 is 10.5 Å². The smallest absolute Gasteiger partial charge is 0.233 e. The highest BCUT2D eigenvalue weighted by molar-refractivity contribution is 7.92. The Labute approximate surface area is 123 Å². The molecule has 1 aromatic carbocycles. The van der Waals surface area contributed by atoms with Crippen LogP contribution in [0.2, 0.25) is 0 Å². The second-order valence-electron chi connectivity index (χ2n) is 4.49. The molecule has 2 aromatic rings. The van der Waals surface area contributed by atoms with E-state index in [1.54, 1.807) is 30.3 Å². The number of nitrogens with one attached hydrogen (secondary N) is 1. The Morgan fingerprint density at radius 3 is 2.67 bits per heavy atom. The molecule has 114 valence electrons. The summed E-state index contributed by atoms with van der Waals surface area (Å²) in [5.41, 5.74) is 6.99. The average molecular weight is 310 g/mol. The minimum absolute atomic E-state index is 0.00619. The zero-order chi connectivity index (χ0) is 15.3. The Morgan fingerprint density at radius 2 is 2.00 bits per heavy atom. The van der Waals surface area contributed by atoms with Gasteiger partial charge in [-0.05, 0) is 30.7 Å². The highest BCUT2D eigenvalue weighted by Crippen LogP contribution is 2.17. The zero-order valence-corrected chi connectivity index (χ0v) is 12.5. The number of sulfonamides is 1. The lowest BCUT2D eigenvalue weighted by Crippen LogP contribution is -2.19. The summed E-state index contributed by atoms with van der Waals surface area (Å²) in [6.07, 6.45) is 1.96. The first kappa shape index (κ1) is 15.3. The first-order valence-corrected chi connectivity index (χ1v) is 8.06. The Hall–Kier alpha value is -2.06. The molecule has 0 radical (unpaired) electrons. The summed E-state index contributed by atoms with van der Waals surface area (Å²) < 4.78 is 32.9. The van der Waals surface area contributed by atoms with Crippen molar-refractivity contribution in [2.75, 3.05) is 29.9 Å². The fourth-order valence-corrected chi connectivity index (χ4v) is 2.88. The van der Waals surface area contributed by atoms with Crippen molar-refractivity contribution in [2.24, 2.45) is 0 Å². The number of nitrogens with two attached hydrogens (primary N) is 1. The van der Waals surface area contributed by atoms with Crippen molar-refractivity contribution in [2.45, 2.75) is 6.42 Å². The quantitative estimate of drug-likeness (QED) is 0.592. The Morgan fingerprint density at radius 1 is 1.29 bits per heavy atom. The molecular weight excluding hydrogens is 292 g/mol. The lowest BCUT2D eigenvalue weighted by molar-refractivity contribution is 0.199. The third kappa shape index (κ3) is 4.20. The van der Waals surface area contributed by atoms with Crippen molar-refractivity contribution < 1.29 is 13.2 Å². The molecule has 0 saturated carbocycles. The SMILES string of the molecule is COCCCS(=O)(=O)Nc1ccnn1-c1ccc(N)cc1. The van der Waals surface area contributed by atoms with Crippen LogP contribution in [0, 0.1) is 0 Å². The van der Waals surface area contributed by atoms with Gasteiger partial charge in [-0.15, -0.1) is 0 Å². The zero-order valence-electron chi connectivity index (χ0n) is 11.7. The van der Waals surface area contributed by atoms with Crippen molar-refractivity contribution in [1.29, 1.82) is 0 Å². The predicted octanol–water partition coefficient (Wildman–Crippen LogP) is 1.23. The normalized spacial score (nSPS) is 11.5. The molecule has 0 bridgehead atoms. The molecule has 0 aliphatic carbocycles. The van der Waals surface area contributed by atoms with Crippen LogP contribution in [0.15, 0.2) is 36.5 Å². The molecule has 8 heteroatoms. The number of hydrogen-bond donors (Lipinski definition) is 2. The van der Waals surface area contributed by atoms with Crippen LogP contribution >= 0.6 is 0 Å². The maximum absolute atomic E-state index is 12.0. The van der Waals surface area contributed by atoms with Gasteiger partial charge in [-0.25, -0.2) is 13.1 Å². The van der Waals surface area contributed by atoms with Crippen LogP contribution in [0.25, 0.3) is 5.69 Å². The van der Waals surface area contributed by atoms with Crippen LogP contribution in [0.3, 0.4) is 0 Å². The number of hydrogen-bond acceptors (Lipinski definition) is 5. The standard InChI is InChI=1S/C13H18N4O3S/c1-20-9-2-10-21(18,19)16-13-7-8-15-17(13)12-5-3-11(14)4-6-12/h3-8,16H,2,9-10,14H2,1H3. The lowest BCUT2D eigenvalue weighted by atomic mass is 10.3. The predicted molar refractivity (Wildman–Crippen MR) is 81.9 cm³/mol. The van der Waals surface area contributed by atoms with Gasteiger partial charge in [0.05, 0.1) is 17.6 Å². The van der Waals surface area contributed by atoms with Crippen molar-refractivity contribution in [3.8, 4) is 5.69 Å². The molecule has 0 atom stereocenters. The monoisotopic (exact) mass is 310 g/mol. The van der Waals surface area contributed by atoms with E-state index in [1.165, 1.54) is 18.0 Å². The lowest BCUT2D eigenvalue weighted by Gasteiger charge is -2.10. The summed E-state index contributed by atoms with van der Waals surface area (Å²) in [5, 5.41) is 4.12. The maximum Gasteiger partial charge on any atom is 0.233 e. The molecule has 1 aromatic heterocycles. The summed E-state index contributed by atoms with van der Waals surface area (Å²) in [6.45, 7) is 0.401. The molecule has 3 N–H and O–H groups in total. The van der Waals surface area contributed by atoms with Gasteiger partial charge in [-0.3, -0.25) is 4.72 Å². The van der Waals surface area contributed by atoms with Gasteiger partial charge in [0.1, 0.15) is 5.82 Å². The van der Waals surface area contributed by atoms with Crippen LogP contribution in [-0.2, 0) is 14.8 Å². The number of rotatable bonds is 7. The molecular formula is C13H18N4O3S.